The van der Waals surface area contributed by atoms with Crippen LogP contribution in [0.2, 0.25) is 0 Å². The first-order chi connectivity index (χ1) is 7.53. The molecule has 0 aliphatic carbocycles. The molecule has 90 valence electrons. The Morgan fingerprint density at radius 2 is 1.61 bits per heavy atom. The summed E-state index contributed by atoms with van der Waals surface area (Å²) >= 11 is 0. The van der Waals surface area contributed by atoms with E-state index in [1.165, 1.54) is 0 Å². The van der Waals surface area contributed by atoms with Gasteiger partial charge in [0.15, 0.2) is 5.41 Å². The fourth-order valence-electron chi connectivity index (χ4n) is 1.61. The van der Waals surface area contributed by atoms with Gasteiger partial charge in [-0.1, -0.05) is 37.3 Å². The topological polar surface area (TPSA) is 74.6 Å². The summed E-state index contributed by atoms with van der Waals surface area (Å²) in [5.74, 6) is -2.57. The molecule has 4 nitrogen and oxygen atoms in total. The summed E-state index contributed by atoms with van der Waals surface area (Å²) in [6, 6.07) is 8.80. The number of carbonyl (C=O) groups is 2. The van der Waals surface area contributed by atoms with Crippen molar-refractivity contribution in [3.05, 3.63) is 35.9 Å². The Kier molecular flexibility index (Phi) is 10.7. The van der Waals surface area contributed by atoms with Crippen LogP contribution in [0.4, 0.5) is 0 Å². The molecule has 0 aromatic heterocycles. The van der Waals surface area contributed by atoms with Crippen LogP contribution in [0.15, 0.2) is 30.3 Å². The molecular weight excluding hydrogens is 254 g/mol. The monoisotopic (exact) mass is 270 g/mol. The van der Waals surface area contributed by atoms with E-state index in [-0.39, 0.29) is 85.9 Å². The number of aliphatic carboxylic acids is 2. The second-order valence-electron chi connectivity index (χ2n) is 3.71. The van der Waals surface area contributed by atoms with E-state index in [2.05, 4.69) is 0 Å². The second-order valence-corrected chi connectivity index (χ2v) is 3.71. The van der Waals surface area contributed by atoms with Crippen molar-refractivity contribution in [2.45, 2.75) is 19.8 Å². The zero-order valence-corrected chi connectivity index (χ0v) is 14.1. The molecule has 0 amide bonds. The Bertz CT molecular complexity index is 390. The number of carboxylic acids is 2. The molecule has 0 unspecified atom stereocenters. The molecule has 6 heteroatoms. The SMILES string of the molecule is CCC(Cc1ccccc1)(C(=O)O)C(=O)O.[H-].[H-].[K+].[Li+]. The number of hydrogen-bond acceptors (Lipinski definition) is 2. The van der Waals surface area contributed by atoms with Crippen LogP contribution in [0.25, 0.3) is 0 Å². The summed E-state index contributed by atoms with van der Waals surface area (Å²) in [5.41, 5.74) is -1.00. The van der Waals surface area contributed by atoms with Crippen molar-refractivity contribution in [1.29, 1.82) is 0 Å². The van der Waals surface area contributed by atoms with Crippen LogP contribution in [0, 0.1) is 5.41 Å². The van der Waals surface area contributed by atoms with E-state index < -0.39 is 17.4 Å². The van der Waals surface area contributed by atoms with Gasteiger partial charge in [0.25, 0.3) is 0 Å². The van der Waals surface area contributed by atoms with Crippen molar-refractivity contribution in [3.8, 4) is 0 Å². The number of rotatable bonds is 5. The van der Waals surface area contributed by atoms with Crippen molar-refractivity contribution in [3.63, 3.8) is 0 Å². The number of carboxylic acid groups (broad SMARTS) is 2. The number of benzene rings is 1. The molecule has 0 heterocycles. The normalized spacial score (nSPS) is 9.83. The van der Waals surface area contributed by atoms with Crippen molar-refractivity contribution in [2.24, 2.45) is 5.41 Å². The van der Waals surface area contributed by atoms with Crippen molar-refractivity contribution in [2.75, 3.05) is 0 Å². The molecular formula is C12H16KLiO4. The van der Waals surface area contributed by atoms with Gasteiger partial charge in [0, 0.05) is 0 Å². The Balaban J connectivity index is -0.000000320. The molecule has 0 atom stereocenters. The molecule has 1 rings (SSSR count). The van der Waals surface area contributed by atoms with E-state index in [0.29, 0.717) is 5.56 Å². The Morgan fingerprint density at radius 1 is 1.17 bits per heavy atom. The minimum atomic E-state index is -1.72. The van der Waals surface area contributed by atoms with Gasteiger partial charge >= 0.3 is 82.2 Å². The first kappa shape index (κ1) is 20.7. The maximum atomic E-state index is 11.1. The molecule has 0 saturated carbocycles. The maximum absolute atomic E-state index is 11.1. The standard InChI is InChI=1S/C12H14O4.K.Li.2H/c1-2-12(10(13)14,11(15)16)8-9-6-4-3-5-7-9;;;;/h3-7H,2,8H2,1H3,(H,13,14)(H,15,16);;;;/q;2*+1;2*-1. The Morgan fingerprint density at radius 3 is 1.94 bits per heavy atom. The quantitative estimate of drug-likeness (QED) is 0.423. The maximum Gasteiger partial charge on any atom is 1.00 e. The predicted octanol–water partition coefficient (Wildman–Crippen LogP) is -3.97. The minimum absolute atomic E-state index is 0. The summed E-state index contributed by atoms with van der Waals surface area (Å²) in [5, 5.41) is 18.1. The van der Waals surface area contributed by atoms with Gasteiger partial charge in [-0.15, -0.1) is 0 Å². The predicted molar refractivity (Wildman–Crippen MR) is 60.4 cm³/mol. The van der Waals surface area contributed by atoms with Gasteiger partial charge in [0.2, 0.25) is 0 Å². The molecule has 1 aromatic rings. The smallest absolute Gasteiger partial charge is 1.00 e. The Labute approximate surface area is 164 Å². The van der Waals surface area contributed by atoms with E-state index in [4.69, 9.17) is 10.2 Å². The average molecular weight is 270 g/mol. The summed E-state index contributed by atoms with van der Waals surface area (Å²) in [6.45, 7) is 1.57. The third-order valence-corrected chi connectivity index (χ3v) is 2.77. The summed E-state index contributed by atoms with van der Waals surface area (Å²) in [6.07, 6.45) is 0.0710. The van der Waals surface area contributed by atoms with Crippen LogP contribution < -0.4 is 70.2 Å². The first-order valence-electron chi connectivity index (χ1n) is 5.03. The van der Waals surface area contributed by atoms with Gasteiger partial charge in [0.05, 0.1) is 0 Å². The van der Waals surface area contributed by atoms with Crippen LogP contribution in [-0.4, -0.2) is 22.2 Å². The van der Waals surface area contributed by atoms with E-state index in [9.17, 15) is 9.59 Å². The van der Waals surface area contributed by atoms with Gasteiger partial charge in [-0.25, -0.2) is 0 Å². The van der Waals surface area contributed by atoms with Crippen LogP contribution in [0.1, 0.15) is 21.8 Å². The van der Waals surface area contributed by atoms with Gasteiger partial charge < -0.3 is 13.1 Å². The zero-order valence-electron chi connectivity index (χ0n) is 13.0. The van der Waals surface area contributed by atoms with E-state index in [1.54, 1.807) is 37.3 Å². The molecule has 0 aliphatic rings. The molecule has 0 aliphatic heterocycles. The van der Waals surface area contributed by atoms with E-state index in [0.717, 1.165) is 0 Å². The average Bonchev–Trinajstić information content (AvgIpc) is 2.26. The number of hydrogen-bond donors (Lipinski definition) is 2. The fraction of sp³-hybridized carbons (Fsp3) is 0.333. The zero-order chi connectivity index (χ0) is 12.2. The molecule has 0 spiro atoms. The van der Waals surface area contributed by atoms with Crippen LogP contribution in [0.5, 0.6) is 0 Å². The first-order valence-corrected chi connectivity index (χ1v) is 5.03. The van der Waals surface area contributed by atoms with E-state index >= 15 is 0 Å². The molecule has 0 fully saturated rings. The summed E-state index contributed by atoms with van der Waals surface area (Å²) in [4.78, 5) is 22.2. The van der Waals surface area contributed by atoms with Gasteiger partial charge in [-0.05, 0) is 18.4 Å². The van der Waals surface area contributed by atoms with Gasteiger partial charge in [0.1, 0.15) is 0 Å². The van der Waals surface area contributed by atoms with Crippen molar-refractivity contribution in [1.82, 2.24) is 0 Å². The summed E-state index contributed by atoms with van der Waals surface area (Å²) in [7, 11) is 0. The third kappa shape index (κ3) is 4.82. The molecule has 2 N–H and O–H groups in total. The van der Waals surface area contributed by atoms with Gasteiger partial charge in [-0.3, -0.25) is 9.59 Å². The van der Waals surface area contributed by atoms with Crippen LogP contribution >= 0.6 is 0 Å². The van der Waals surface area contributed by atoms with Crippen LogP contribution in [-0.2, 0) is 16.0 Å². The molecule has 1 aromatic carbocycles. The largest absolute Gasteiger partial charge is 1.00 e. The molecule has 0 radical (unpaired) electrons. The third-order valence-electron chi connectivity index (χ3n) is 2.77. The van der Waals surface area contributed by atoms with Crippen LogP contribution in [0.3, 0.4) is 0 Å². The van der Waals surface area contributed by atoms with Crippen molar-refractivity contribution < 1.29 is 92.9 Å². The van der Waals surface area contributed by atoms with Gasteiger partial charge in [-0.2, -0.15) is 0 Å². The molecule has 18 heavy (non-hydrogen) atoms. The van der Waals surface area contributed by atoms with E-state index in [1.807, 2.05) is 0 Å². The molecule has 0 saturated heterocycles. The molecule has 0 bridgehead atoms. The Hall–Kier alpha value is 0.394. The fourth-order valence-corrected chi connectivity index (χ4v) is 1.61. The minimum Gasteiger partial charge on any atom is -1.00 e. The summed E-state index contributed by atoms with van der Waals surface area (Å²) < 4.78 is 0. The van der Waals surface area contributed by atoms with Crippen molar-refractivity contribution >= 4 is 11.9 Å². The second kappa shape index (κ2) is 9.32.